The lowest BCUT2D eigenvalue weighted by Gasteiger charge is -2.31. The van der Waals surface area contributed by atoms with Crippen LogP contribution in [0.15, 0.2) is 53.4 Å². The highest BCUT2D eigenvalue weighted by Crippen LogP contribution is 2.41. The number of benzene rings is 2. The van der Waals surface area contributed by atoms with Gasteiger partial charge in [-0.25, -0.2) is 14.4 Å². The maximum atomic E-state index is 13.8. The maximum Gasteiger partial charge on any atom is 0.451 e. The van der Waals surface area contributed by atoms with Crippen LogP contribution in [-0.2, 0) is 15.5 Å². The summed E-state index contributed by atoms with van der Waals surface area (Å²) in [5, 5.41) is 3.18. The van der Waals surface area contributed by atoms with Crippen LogP contribution >= 0.6 is 12.0 Å². The normalized spacial score (nSPS) is 14.5. The minimum absolute atomic E-state index is 0.0454. The largest absolute Gasteiger partial charge is 0.451 e. The van der Waals surface area contributed by atoms with Gasteiger partial charge in [0.15, 0.2) is 0 Å². The van der Waals surface area contributed by atoms with Crippen molar-refractivity contribution in [1.29, 1.82) is 0 Å². The van der Waals surface area contributed by atoms with Crippen LogP contribution in [-0.4, -0.2) is 36.1 Å². The minimum atomic E-state index is -4.76. The zero-order valence-corrected chi connectivity index (χ0v) is 17.9. The number of nitrogens with one attached hydrogen (secondary N) is 1. The SMILES string of the molecule is NOOSc1cccc(-c2c(-c3ccc(F)cc3)nc(C(F)(F)F)nc2N2CCNCC2)c1. The number of halogens is 4. The molecule has 0 amide bonds. The van der Waals surface area contributed by atoms with Crippen LogP contribution < -0.4 is 16.1 Å². The molecule has 1 saturated heterocycles. The van der Waals surface area contributed by atoms with Crippen molar-refractivity contribution in [3.05, 3.63) is 60.2 Å². The third kappa shape index (κ3) is 5.42. The number of nitrogens with zero attached hydrogens (tertiary/aromatic N) is 3. The highest BCUT2D eigenvalue weighted by molar-refractivity contribution is 7.94. The number of rotatable bonds is 6. The van der Waals surface area contributed by atoms with Crippen molar-refractivity contribution in [2.75, 3.05) is 31.1 Å². The summed E-state index contributed by atoms with van der Waals surface area (Å²) >= 11 is 0.840. The van der Waals surface area contributed by atoms with E-state index >= 15 is 0 Å². The summed E-state index contributed by atoms with van der Waals surface area (Å²) in [7, 11) is 0. The van der Waals surface area contributed by atoms with Crippen LogP contribution in [0.1, 0.15) is 5.82 Å². The Morgan fingerprint density at radius 1 is 1.00 bits per heavy atom. The van der Waals surface area contributed by atoms with Crippen molar-refractivity contribution in [1.82, 2.24) is 15.3 Å². The van der Waals surface area contributed by atoms with E-state index in [-0.39, 0.29) is 11.5 Å². The molecule has 1 aliphatic rings. The second kappa shape index (κ2) is 10.0. The Hall–Kier alpha value is -2.77. The van der Waals surface area contributed by atoms with Crippen LogP contribution in [0.2, 0.25) is 0 Å². The highest BCUT2D eigenvalue weighted by Gasteiger charge is 2.37. The molecule has 174 valence electrons. The monoisotopic (exact) mass is 481 g/mol. The molecule has 0 spiro atoms. The topological polar surface area (TPSA) is 85.5 Å². The van der Waals surface area contributed by atoms with Crippen molar-refractivity contribution in [3.63, 3.8) is 0 Å². The number of anilines is 1. The van der Waals surface area contributed by atoms with Gasteiger partial charge in [0.25, 0.3) is 0 Å². The first-order chi connectivity index (χ1) is 15.9. The Bertz CT molecular complexity index is 1110. The molecule has 7 nitrogen and oxygen atoms in total. The molecule has 33 heavy (non-hydrogen) atoms. The molecule has 0 radical (unpaired) electrons. The molecule has 0 unspecified atom stereocenters. The molecule has 2 aromatic carbocycles. The summed E-state index contributed by atoms with van der Waals surface area (Å²) in [5.74, 6) is 3.28. The fourth-order valence-corrected chi connectivity index (χ4v) is 3.95. The van der Waals surface area contributed by atoms with E-state index in [0.29, 0.717) is 47.8 Å². The summed E-state index contributed by atoms with van der Waals surface area (Å²) in [6.45, 7) is 2.11. The summed E-state index contributed by atoms with van der Waals surface area (Å²) in [4.78, 5) is 14.3. The van der Waals surface area contributed by atoms with Gasteiger partial charge in [0.05, 0.1) is 23.3 Å². The standard InChI is InChI=1S/C21H19F4N5O2S/c22-15-6-4-13(5-7-15)18-17(14-2-1-3-16(12-14)33-32-31-26)19(30-10-8-27-9-11-30)29-20(28-18)21(23,24)25/h1-7,12,27H,8-11,26H2. The third-order valence-electron chi connectivity index (χ3n) is 4.97. The lowest BCUT2D eigenvalue weighted by molar-refractivity contribution is -0.195. The van der Waals surface area contributed by atoms with E-state index in [0.717, 1.165) is 12.0 Å². The Morgan fingerprint density at radius 2 is 1.73 bits per heavy atom. The predicted octanol–water partition coefficient (Wildman–Crippen LogP) is 4.21. The molecule has 12 heteroatoms. The van der Waals surface area contributed by atoms with Gasteiger partial charge in [-0.05, 0) is 42.0 Å². The Balaban J connectivity index is 1.97. The number of aromatic nitrogens is 2. The van der Waals surface area contributed by atoms with Crippen molar-refractivity contribution in [3.8, 4) is 22.4 Å². The van der Waals surface area contributed by atoms with E-state index in [1.54, 1.807) is 29.2 Å². The summed E-state index contributed by atoms with van der Waals surface area (Å²) < 4.78 is 59.6. The van der Waals surface area contributed by atoms with E-state index in [1.165, 1.54) is 24.3 Å². The van der Waals surface area contributed by atoms with Crippen molar-refractivity contribution < 1.29 is 26.9 Å². The third-order valence-corrected chi connectivity index (χ3v) is 5.56. The zero-order valence-electron chi connectivity index (χ0n) is 17.1. The molecule has 1 fully saturated rings. The van der Waals surface area contributed by atoms with Gasteiger partial charge < -0.3 is 10.2 Å². The molecule has 2 heterocycles. The van der Waals surface area contributed by atoms with Gasteiger partial charge in [-0.1, -0.05) is 12.1 Å². The number of nitrogens with two attached hydrogens (primary N) is 1. The van der Waals surface area contributed by atoms with Crippen LogP contribution in [0.4, 0.5) is 23.4 Å². The Morgan fingerprint density at radius 3 is 2.39 bits per heavy atom. The summed E-state index contributed by atoms with van der Waals surface area (Å²) in [6, 6.07) is 12.0. The fraction of sp³-hybridized carbons (Fsp3) is 0.238. The zero-order chi connectivity index (χ0) is 23.4. The van der Waals surface area contributed by atoms with Crippen LogP contribution in [0, 0.1) is 5.82 Å². The minimum Gasteiger partial charge on any atom is -0.353 e. The first-order valence-corrected chi connectivity index (χ1v) is 10.6. The smallest absolute Gasteiger partial charge is 0.353 e. The Kier molecular flexibility index (Phi) is 7.10. The van der Waals surface area contributed by atoms with Gasteiger partial charge in [-0.3, -0.25) is 0 Å². The molecule has 0 aliphatic carbocycles. The second-order valence-corrected chi connectivity index (χ2v) is 7.89. The van der Waals surface area contributed by atoms with Gasteiger partial charge in [0.2, 0.25) is 5.82 Å². The van der Waals surface area contributed by atoms with Gasteiger partial charge in [0.1, 0.15) is 11.6 Å². The number of alkyl halides is 3. The molecule has 0 bridgehead atoms. The molecule has 1 aromatic heterocycles. The molecule has 0 atom stereocenters. The first-order valence-electron chi connectivity index (χ1n) is 9.88. The van der Waals surface area contributed by atoms with Crippen molar-refractivity contribution in [2.45, 2.75) is 11.1 Å². The van der Waals surface area contributed by atoms with E-state index in [1.807, 2.05) is 0 Å². The number of hydrogen-bond donors (Lipinski definition) is 2. The molecule has 3 aromatic rings. The Labute approximate surface area is 191 Å². The van der Waals surface area contributed by atoms with E-state index < -0.39 is 17.8 Å². The average molecular weight is 481 g/mol. The molecule has 0 saturated carbocycles. The van der Waals surface area contributed by atoms with Gasteiger partial charge in [0, 0.05) is 36.6 Å². The lowest BCUT2D eigenvalue weighted by Crippen LogP contribution is -2.44. The number of piperazine rings is 1. The lowest BCUT2D eigenvalue weighted by atomic mass is 9.98. The van der Waals surface area contributed by atoms with E-state index in [9.17, 15) is 17.6 Å². The van der Waals surface area contributed by atoms with Crippen LogP contribution in [0.5, 0.6) is 0 Å². The highest BCUT2D eigenvalue weighted by atomic mass is 32.2. The molecule has 4 rings (SSSR count). The molecular formula is C21H19F4N5O2S. The van der Waals surface area contributed by atoms with E-state index in [2.05, 4.69) is 20.3 Å². The maximum absolute atomic E-state index is 13.8. The molecule has 1 aliphatic heterocycles. The fourth-order valence-electron chi connectivity index (χ4n) is 3.53. The first kappa shape index (κ1) is 23.4. The molecular weight excluding hydrogens is 462 g/mol. The van der Waals surface area contributed by atoms with Gasteiger partial charge in [-0.2, -0.15) is 19.1 Å². The summed E-state index contributed by atoms with van der Waals surface area (Å²) in [6.07, 6.45) is -4.76. The van der Waals surface area contributed by atoms with Gasteiger partial charge in [-0.15, -0.1) is 9.32 Å². The van der Waals surface area contributed by atoms with Crippen molar-refractivity contribution >= 4 is 17.9 Å². The summed E-state index contributed by atoms with van der Waals surface area (Å²) in [5.41, 5.74) is 1.33. The average Bonchev–Trinajstić information content (AvgIpc) is 2.82. The van der Waals surface area contributed by atoms with Crippen LogP contribution in [0.25, 0.3) is 22.4 Å². The van der Waals surface area contributed by atoms with Gasteiger partial charge >= 0.3 is 6.18 Å². The quantitative estimate of drug-likeness (QED) is 0.235. The van der Waals surface area contributed by atoms with Crippen LogP contribution in [0.3, 0.4) is 0 Å². The van der Waals surface area contributed by atoms with Crippen molar-refractivity contribution in [2.24, 2.45) is 5.90 Å². The number of hydrogen-bond acceptors (Lipinski definition) is 8. The molecule has 3 N–H and O–H groups in total. The van der Waals surface area contributed by atoms with E-state index in [4.69, 9.17) is 10.2 Å². The second-order valence-electron chi connectivity index (χ2n) is 7.11. The predicted molar refractivity (Wildman–Crippen MR) is 115 cm³/mol.